The molecule has 2 amide bonds. The predicted octanol–water partition coefficient (Wildman–Crippen LogP) is 0.918. The van der Waals surface area contributed by atoms with Gasteiger partial charge < -0.3 is 10.6 Å². The Bertz CT molecular complexity index is 686. The van der Waals surface area contributed by atoms with Crippen molar-refractivity contribution < 1.29 is 9.59 Å². The molecule has 0 aliphatic rings. The van der Waals surface area contributed by atoms with Crippen LogP contribution in [0, 0.1) is 10.5 Å². The number of amides is 2. The number of carbonyl (C=O) groups is 2. The van der Waals surface area contributed by atoms with Gasteiger partial charge in [0.05, 0.1) is 15.0 Å². The third-order valence-corrected chi connectivity index (χ3v) is 4.06. The van der Waals surface area contributed by atoms with Crippen LogP contribution in [0.15, 0.2) is 12.4 Å². The molecule has 0 saturated carbocycles. The van der Waals surface area contributed by atoms with Crippen LogP contribution in [-0.4, -0.2) is 38.4 Å². The Morgan fingerprint density at radius 2 is 2.05 bits per heavy atom. The van der Waals surface area contributed by atoms with Crippen LogP contribution in [0.25, 0.3) is 0 Å². The summed E-state index contributed by atoms with van der Waals surface area (Å²) < 4.78 is 4.28. The van der Waals surface area contributed by atoms with Crippen molar-refractivity contribution in [3.8, 4) is 0 Å². The highest BCUT2D eigenvalue weighted by atomic mass is 127. The van der Waals surface area contributed by atoms with Crippen LogP contribution < -0.4 is 10.6 Å². The van der Waals surface area contributed by atoms with Crippen molar-refractivity contribution >= 4 is 40.1 Å². The molecule has 2 N–H and O–H groups in total. The highest BCUT2D eigenvalue weighted by molar-refractivity contribution is 14.1. The van der Waals surface area contributed by atoms with Gasteiger partial charge in [-0.2, -0.15) is 10.2 Å². The van der Waals surface area contributed by atoms with Crippen molar-refractivity contribution in [2.24, 2.45) is 7.05 Å². The largest absolute Gasteiger partial charge is 0.354 e. The van der Waals surface area contributed by atoms with Gasteiger partial charge in [0.1, 0.15) is 0 Å². The summed E-state index contributed by atoms with van der Waals surface area (Å²) in [6, 6.07) is 0. The summed E-state index contributed by atoms with van der Waals surface area (Å²) >= 11 is 2.20. The molecule has 0 unspecified atom stereocenters. The van der Waals surface area contributed by atoms with Gasteiger partial charge in [-0.1, -0.05) is 0 Å². The summed E-state index contributed by atoms with van der Waals surface area (Å²) in [6.07, 6.45) is 3.76. The van der Waals surface area contributed by atoms with Crippen LogP contribution in [0.3, 0.4) is 0 Å². The lowest BCUT2D eigenvalue weighted by atomic mass is 10.3. The monoisotopic (exact) mass is 416 g/mol. The lowest BCUT2D eigenvalue weighted by Crippen LogP contribution is -2.22. The topological polar surface area (TPSA) is 93.8 Å². The number of nitrogens with one attached hydrogen (secondary N) is 2. The van der Waals surface area contributed by atoms with Gasteiger partial charge in [0, 0.05) is 39.5 Å². The Labute approximate surface area is 141 Å². The van der Waals surface area contributed by atoms with Gasteiger partial charge in [-0.25, -0.2) is 0 Å². The maximum Gasteiger partial charge on any atom is 0.273 e. The normalized spacial score (nSPS) is 10.5. The maximum atomic E-state index is 12.0. The quantitative estimate of drug-likeness (QED) is 0.709. The van der Waals surface area contributed by atoms with Gasteiger partial charge in [0.25, 0.3) is 5.91 Å². The molecule has 2 aromatic rings. The van der Waals surface area contributed by atoms with E-state index in [0.717, 1.165) is 9.26 Å². The number of hydrogen-bond acceptors (Lipinski definition) is 4. The highest BCUT2D eigenvalue weighted by Gasteiger charge is 2.16. The number of carbonyl (C=O) groups excluding carboxylic acids is 2. The minimum atomic E-state index is -0.340. The third-order valence-electron chi connectivity index (χ3n) is 3.00. The van der Waals surface area contributed by atoms with Crippen molar-refractivity contribution in [1.29, 1.82) is 0 Å². The Morgan fingerprint density at radius 3 is 2.64 bits per heavy atom. The van der Waals surface area contributed by atoms with E-state index in [0.29, 0.717) is 12.2 Å². The smallest absolute Gasteiger partial charge is 0.273 e. The van der Waals surface area contributed by atoms with Crippen molar-refractivity contribution in [3.05, 3.63) is 27.4 Å². The Hall–Kier alpha value is -1.91. The molecule has 2 rings (SSSR count). The van der Waals surface area contributed by atoms with Crippen LogP contribution in [0.5, 0.6) is 0 Å². The van der Waals surface area contributed by atoms with Crippen LogP contribution in [0.1, 0.15) is 22.6 Å². The van der Waals surface area contributed by atoms with Gasteiger partial charge in [-0.05, 0) is 29.5 Å². The molecule has 0 bridgehead atoms. The second-order valence-corrected chi connectivity index (χ2v) is 5.93. The first-order valence-electron chi connectivity index (χ1n) is 6.66. The van der Waals surface area contributed by atoms with Crippen LogP contribution in [0.2, 0.25) is 0 Å². The van der Waals surface area contributed by atoms with Crippen molar-refractivity contribution in [3.63, 3.8) is 0 Å². The minimum absolute atomic E-state index is 0.193. The van der Waals surface area contributed by atoms with Gasteiger partial charge in [0.2, 0.25) is 5.91 Å². The first kappa shape index (κ1) is 16.5. The zero-order chi connectivity index (χ0) is 16.3. The number of nitrogens with zero attached hydrogens (tertiary/aromatic N) is 4. The Balaban J connectivity index is 1.99. The SMILES string of the molecule is CNC(=O)c1nn(C)cc1NC(=O)CCn1cc(I)c(C)n1. The first-order valence-corrected chi connectivity index (χ1v) is 7.73. The molecule has 0 saturated heterocycles. The molecule has 0 aliphatic carbocycles. The summed E-state index contributed by atoms with van der Waals surface area (Å²) in [4.78, 5) is 23.7. The third kappa shape index (κ3) is 3.84. The van der Waals surface area contributed by atoms with Crippen molar-refractivity contribution in [1.82, 2.24) is 24.9 Å². The molecular weight excluding hydrogens is 399 g/mol. The molecule has 0 atom stereocenters. The minimum Gasteiger partial charge on any atom is -0.354 e. The van der Waals surface area contributed by atoms with E-state index in [4.69, 9.17) is 0 Å². The number of aryl methyl sites for hydroxylation is 3. The lowest BCUT2D eigenvalue weighted by Gasteiger charge is -2.05. The van der Waals surface area contributed by atoms with E-state index < -0.39 is 0 Å². The molecule has 0 fully saturated rings. The first-order chi connectivity index (χ1) is 10.4. The maximum absolute atomic E-state index is 12.0. The molecule has 22 heavy (non-hydrogen) atoms. The van der Waals surface area contributed by atoms with Crippen molar-refractivity contribution in [2.75, 3.05) is 12.4 Å². The second-order valence-electron chi connectivity index (χ2n) is 4.77. The number of hydrogen-bond donors (Lipinski definition) is 2. The molecule has 9 heteroatoms. The number of aromatic nitrogens is 4. The average molecular weight is 416 g/mol. The number of anilines is 1. The van der Waals surface area contributed by atoms with Gasteiger partial charge >= 0.3 is 0 Å². The summed E-state index contributed by atoms with van der Waals surface area (Å²) in [6.45, 7) is 2.40. The lowest BCUT2D eigenvalue weighted by molar-refractivity contribution is -0.116. The van der Waals surface area contributed by atoms with Gasteiger partial charge in [-0.3, -0.25) is 19.0 Å². The molecule has 0 aromatic carbocycles. The molecule has 2 heterocycles. The van der Waals surface area contributed by atoms with Crippen LogP contribution in [-0.2, 0) is 18.4 Å². The van der Waals surface area contributed by atoms with Gasteiger partial charge in [0.15, 0.2) is 5.69 Å². The fourth-order valence-electron chi connectivity index (χ4n) is 1.90. The molecule has 2 aromatic heterocycles. The van der Waals surface area contributed by atoms with Crippen molar-refractivity contribution in [2.45, 2.75) is 19.9 Å². The average Bonchev–Trinajstić information content (AvgIpc) is 2.99. The van der Waals surface area contributed by atoms with E-state index in [9.17, 15) is 9.59 Å². The predicted molar refractivity (Wildman–Crippen MR) is 89.5 cm³/mol. The van der Waals surface area contributed by atoms with E-state index in [1.807, 2.05) is 13.1 Å². The number of halogens is 1. The van der Waals surface area contributed by atoms with Crippen LogP contribution in [0.4, 0.5) is 5.69 Å². The molecule has 118 valence electrons. The molecule has 0 radical (unpaired) electrons. The Morgan fingerprint density at radius 1 is 1.32 bits per heavy atom. The van der Waals surface area contributed by atoms with E-state index in [-0.39, 0.29) is 23.9 Å². The zero-order valence-electron chi connectivity index (χ0n) is 12.6. The number of rotatable bonds is 5. The fraction of sp³-hybridized carbons (Fsp3) is 0.385. The molecule has 0 aliphatic heterocycles. The molecule has 8 nitrogen and oxygen atoms in total. The van der Waals surface area contributed by atoms with E-state index >= 15 is 0 Å². The summed E-state index contributed by atoms with van der Waals surface area (Å²) in [5.41, 5.74) is 1.54. The van der Waals surface area contributed by atoms with E-state index in [1.54, 1.807) is 17.9 Å². The summed E-state index contributed by atoms with van der Waals surface area (Å²) in [7, 11) is 3.21. The van der Waals surface area contributed by atoms with Crippen LogP contribution >= 0.6 is 22.6 Å². The second kappa shape index (κ2) is 6.90. The van der Waals surface area contributed by atoms with Gasteiger partial charge in [-0.15, -0.1) is 0 Å². The molecular formula is C13H17IN6O2. The highest BCUT2D eigenvalue weighted by Crippen LogP contribution is 2.14. The summed E-state index contributed by atoms with van der Waals surface area (Å²) in [5.74, 6) is -0.533. The Kier molecular flexibility index (Phi) is 5.16. The zero-order valence-corrected chi connectivity index (χ0v) is 14.7. The summed E-state index contributed by atoms with van der Waals surface area (Å²) in [5, 5.41) is 13.5. The van der Waals surface area contributed by atoms with E-state index in [2.05, 4.69) is 43.4 Å². The fourth-order valence-corrected chi connectivity index (χ4v) is 2.33. The molecule has 0 spiro atoms. The standard InChI is InChI=1S/C13H17IN6O2/c1-8-9(14)6-20(17-8)5-4-11(21)16-10-7-19(3)18-12(10)13(22)15-2/h6-7H,4-5H2,1-3H3,(H,15,22)(H,16,21). The van der Waals surface area contributed by atoms with E-state index in [1.165, 1.54) is 11.7 Å².